The van der Waals surface area contributed by atoms with Gasteiger partial charge in [-0.15, -0.1) is 0 Å². The van der Waals surface area contributed by atoms with Crippen LogP contribution in [0.25, 0.3) is 0 Å². The van der Waals surface area contributed by atoms with Crippen molar-refractivity contribution in [2.24, 2.45) is 0 Å². The Hall–Kier alpha value is -2.63. The fourth-order valence-electron chi connectivity index (χ4n) is 3.78. The molecule has 1 aromatic carbocycles. The zero-order valence-corrected chi connectivity index (χ0v) is 13.6. The van der Waals surface area contributed by atoms with E-state index in [4.69, 9.17) is 0 Å². The Kier molecular flexibility index (Phi) is 3.59. The van der Waals surface area contributed by atoms with E-state index in [-0.39, 0.29) is 23.9 Å². The van der Waals surface area contributed by atoms with Gasteiger partial charge in [-0.25, -0.2) is 4.98 Å². The van der Waals surface area contributed by atoms with Gasteiger partial charge in [0.2, 0.25) is 5.91 Å². The molecule has 0 unspecified atom stereocenters. The highest BCUT2D eigenvalue weighted by molar-refractivity contribution is 5.94. The van der Waals surface area contributed by atoms with Gasteiger partial charge in [-0.05, 0) is 30.9 Å². The number of aromatic nitrogens is 2. The predicted molar refractivity (Wildman–Crippen MR) is 88.5 cm³/mol. The van der Waals surface area contributed by atoms with Crippen LogP contribution in [0, 0.1) is 6.92 Å². The molecular weight excluding hydrogens is 304 g/mol. The highest BCUT2D eigenvalue weighted by Gasteiger charge is 2.37. The van der Waals surface area contributed by atoms with Gasteiger partial charge in [0.15, 0.2) is 0 Å². The molecule has 0 spiro atoms. The number of aryl methyl sites for hydroxylation is 1. The van der Waals surface area contributed by atoms with Crippen molar-refractivity contribution in [1.29, 1.82) is 0 Å². The Labute approximate surface area is 140 Å². The number of hydrogen-bond donors (Lipinski definition) is 2. The average molecular weight is 324 g/mol. The molecule has 0 saturated carbocycles. The number of nitrogens with zero attached hydrogens (tertiary/aromatic N) is 2. The first-order chi connectivity index (χ1) is 11.6. The first kappa shape index (κ1) is 14.9. The number of fused-ring (bicyclic) bond motifs is 1. The third kappa shape index (κ3) is 2.58. The van der Waals surface area contributed by atoms with Crippen LogP contribution in [0.4, 0.5) is 0 Å². The second-order valence-electron chi connectivity index (χ2n) is 6.63. The van der Waals surface area contributed by atoms with Crippen LogP contribution in [0.3, 0.4) is 0 Å². The summed E-state index contributed by atoms with van der Waals surface area (Å²) >= 11 is 0. The molecule has 4 rings (SSSR count). The highest BCUT2D eigenvalue weighted by Crippen LogP contribution is 2.28. The molecule has 124 valence electrons. The van der Waals surface area contributed by atoms with Gasteiger partial charge in [-0.3, -0.25) is 9.59 Å². The molecule has 0 radical (unpaired) electrons. The minimum Gasteiger partial charge on any atom is -0.348 e. The van der Waals surface area contributed by atoms with Gasteiger partial charge in [-0.2, -0.15) is 0 Å². The third-order valence-electron chi connectivity index (χ3n) is 5.01. The van der Waals surface area contributed by atoms with Crippen LogP contribution in [-0.2, 0) is 17.6 Å². The van der Waals surface area contributed by atoms with E-state index in [2.05, 4.69) is 27.4 Å². The molecule has 6 heteroatoms. The Morgan fingerprint density at radius 2 is 1.96 bits per heavy atom. The lowest BCUT2D eigenvalue weighted by Crippen LogP contribution is -2.41. The third-order valence-corrected chi connectivity index (χ3v) is 5.01. The Bertz CT molecular complexity index is 773. The molecular formula is C18H20N4O2. The maximum atomic E-state index is 12.4. The number of imidazole rings is 1. The van der Waals surface area contributed by atoms with Crippen LogP contribution in [0.15, 0.2) is 30.6 Å². The molecule has 2 heterocycles. The van der Waals surface area contributed by atoms with Gasteiger partial charge in [0.25, 0.3) is 5.91 Å². The quantitative estimate of drug-likeness (QED) is 0.891. The normalized spacial score (nSPS) is 20.5. The average Bonchev–Trinajstić information content (AvgIpc) is 3.25. The van der Waals surface area contributed by atoms with Crippen molar-refractivity contribution in [2.45, 2.75) is 38.3 Å². The number of hydrogen-bond acceptors (Lipinski definition) is 3. The van der Waals surface area contributed by atoms with Crippen LogP contribution in [0.2, 0.25) is 0 Å². The van der Waals surface area contributed by atoms with Crippen LogP contribution in [0.1, 0.15) is 33.7 Å². The number of aromatic amines is 1. The number of carbonyl (C=O) groups is 2. The zero-order chi connectivity index (χ0) is 16.7. The van der Waals surface area contributed by atoms with Crippen LogP contribution < -0.4 is 5.32 Å². The van der Waals surface area contributed by atoms with Crippen molar-refractivity contribution in [2.75, 3.05) is 6.54 Å². The maximum Gasteiger partial charge on any atom is 0.272 e. The van der Waals surface area contributed by atoms with Gasteiger partial charge < -0.3 is 15.2 Å². The summed E-state index contributed by atoms with van der Waals surface area (Å²) < 4.78 is 0. The predicted octanol–water partition coefficient (Wildman–Crippen LogP) is 1.22. The lowest BCUT2D eigenvalue weighted by molar-refractivity contribution is -0.129. The number of nitrogens with one attached hydrogen (secondary N) is 2. The number of amides is 2. The minimum atomic E-state index is -0.219. The van der Waals surface area contributed by atoms with Crippen LogP contribution in [0.5, 0.6) is 0 Å². The zero-order valence-electron chi connectivity index (χ0n) is 13.6. The van der Waals surface area contributed by atoms with E-state index in [1.807, 2.05) is 24.0 Å². The van der Waals surface area contributed by atoms with Crippen molar-refractivity contribution in [3.05, 3.63) is 53.1 Å². The molecule has 1 aromatic heterocycles. The molecule has 0 bridgehead atoms. The highest BCUT2D eigenvalue weighted by atomic mass is 16.2. The molecule has 2 aliphatic rings. The molecule has 24 heavy (non-hydrogen) atoms. The number of H-pyrrole nitrogens is 1. The Morgan fingerprint density at radius 3 is 2.58 bits per heavy atom. The molecule has 1 saturated heterocycles. The molecule has 2 amide bonds. The molecule has 6 nitrogen and oxygen atoms in total. The van der Waals surface area contributed by atoms with Gasteiger partial charge in [0.1, 0.15) is 5.69 Å². The number of likely N-dealkylation sites (tertiary alicyclic amines) is 1. The first-order valence-electron chi connectivity index (χ1n) is 8.29. The molecule has 2 N–H and O–H groups in total. The largest absolute Gasteiger partial charge is 0.348 e. The summed E-state index contributed by atoms with van der Waals surface area (Å²) in [5.41, 5.74) is 3.79. The lowest BCUT2D eigenvalue weighted by atomic mass is 10.1. The van der Waals surface area contributed by atoms with Crippen molar-refractivity contribution in [3.63, 3.8) is 0 Å². The van der Waals surface area contributed by atoms with Gasteiger partial charge in [-0.1, -0.05) is 24.3 Å². The summed E-state index contributed by atoms with van der Waals surface area (Å²) in [4.78, 5) is 33.5. The molecule has 2 aromatic rings. The number of carbonyl (C=O) groups excluding carboxylic acids is 2. The van der Waals surface area contributed by atoms with Crippen molar-refractivity contribution < 1.29 is 9.59 Å². The monoisotopic (exact) mass is 324 g/mol. The Morgan fingerprint density at radius 1 is 1.25 bits per heavy atom. The number of rotatable bonds is 3. The maximum absolute atomic E-state index is 12.4. The fraction of sp³-hybridized carbons (Fsp3) is 0.389. The minimum absolute atomic E-state index is 0.122. The van der Waals surface area contributed by atoms with E-state index in [1.165, 1.54) is 17.5 Å². The summed E-state index contributed by atoms with van der Waals surface area (Å²) in [7, 11) is 0. The van der Waals surface area contributed by atoms with E-state index in [0.29, 0.717) is 18.7 Å². The first-order valence-corrected chi connectivity index (χ1v) is 8.29. The van der Waals surface area contributed by atoms with Gasteiger partial charge in [0, 0.05) is 24.7 Å². The molecule has 1 atom stereocenters. The van der Waals surface area contributed by atoms with E-state index < -0.39 is 0 Å². The molecule has 1 aliphatic carbocycles. The summed E-state index contributed by atoms with van der Waals surface area (Å²) in [6.07, 6.45) is 3.68. The molecule has 1 aliphatic heterocycles. The lowest BCUT2D eigenvalue weighted by Gasteiger charge is -2.24. The summed E-state index contributed by atoms with van der Waals surface area (Å²) in [6.45, 7) is 2.39. The fourth-order valence-corrected chi connectivity index (χ4v) is 3.78. The topological polar surface area (TPSA) is 78.1 Å². The van der Waals surface area contributed by atoms with Crippen molar-refractivity contribution in [3.8, 4) is 0 Å². The Balaban J connectivity index is 1.41. The van der Waals surface area contributed by atoms with E-state index >= 15 is 0 Å². The van der Waals surface area contributed by atoms with Crippen molar-refractivity contribution in [1.82, 2.24) is 20.2 Å². The van der Waals surface area contributed by atoms with E-state index in [1.54, 1.807) is 0 Å². The summed E-state index contributed by atoms with van der Waals surface area (Å²) in [6, 6.07) is 8.42. The van der Waals surface area contributed by atoms with E-state index in [0.717, 1.165) is 18.5 Å². The second-order valence-corrected chi connectivity index (χ2v) is 6.63. The smallest absolute Gasteiger partial charge is 0.272 e. The number of benzene rings is 1. The van der Waals surface area contributed by atoms with Crippen LogP contribution >= 0.6 is 0 Å². The SMILES string of the molecule is Cc1[nH]cnc1C(=O)N[C@@H]1CC(=O)N(C2Cc3ccccc3C2)C1. The van der Waals surface area contributed by atoms with Gasteiger partial charge in [0.05, 0.1) is 12.4 Å². The van der Waals surface area contributed by atoms with Crippen molar-refractivity contribution >= 4 is 11.8 Å². The van der Waals surface area contributed by atoms with Gasteiger partial charge >= 0.3 is 0 Å². The van der Waals surface area contributed by atoms with Crippen LogP contribution in [-0.4, -0.2) is 45.3 Å². The summed E-state index contributed by atoms with van der Waals surface area (Å²) in [5, 5.41) is 2.94. The molecule has 1 fully saturated rings. The summed E-state index contributed by atoms with van der Waals surface area (Å²) in [5.74, 6) is -0.0973. The standard InChI is InChI=1S/C18H20N4O2/c1-11-17(20-10-19-11)18(24)21-14-8-16(23)22(9-14)15-6-12-4-2-3-5-13(12)7-15/h2-5,10,14-15H,6-9H2,1H3,(H,19,20)(H,21,24)/t14-/m1/s1. The van der Waals surface area contributed by atoms with E-state index in [9.17, 15) is 9.59 Å². The second kappa shape index (κ2) is 5.78.